The van der Waals surface area contributed by atoms with Gasteiger partial charge in [0.1, 0.15) is 0 Å². The molecule has 116 valence electrons. The van der Waals surface area contributed by atoms with Crippen LogP contribution in [0.4, 0.5) is 5.69 Å². The number of nitrogen functional groups attached to an aromatic ring is 1. The van der Waals surface area contributed by atoms with E-state index in [1.165, 1.54) is 0 Å². The fraction of sp³-hybridized carbons (Fsp3) is 0.429. The molecule has 0 unspecified atom stereocenters. The van der Waals surface area contributed by atoms with Gasteiger partial charge < -0.3 is 15.5 Å². The molecule has 1 fully saturated rings. The lowest BCUT2D eigenvalue weighted by Gasteiger charge is -2.22. The second kappa shape index (κ2) is 7.52. The Bertz CT molecular complexity index is 537. The lowest BCUT2D eigenvalue weighted by Crippen LogP contribution is -2.36. The van der Waals surface area contributed by atoms with Gasteiger partial charge in [-0.1, -0.05) is 11.6 Å². The van der Waals surface area contributed by atoms with E-state index in [1.54, 1.807) is 34.9 Å². The molecule has 0 spiro atoms. The van der Waals surface area contributed by atoms with Gasteiger partial charge in [0.05, 0.1) is 10.6 Å². The molecule has 0 bridgehead atoms. The van der Waals surface area contributed by atoms with E-state index < -0.39 is 0 Å². The first-order chi connectivity index (χ1) is 9.49. The molecule has 0 radical (unpaired) electrons. The summed E-state index contributed by atoms with van der Waals surface area (Å²) in [6.45, 7) is 3.96. The predicted octanol–water partition coefficient (Wildman–Crippen LogP) is 2.04. The highest BCUT2D eigenvalue weighted by Gasteiger charge is 2.22. The molecule has 0 aliphatic carbocycles. The van der Waals surface area contributed by atoms with Crippen molar-refractivity contribution in [1.29, 1.82) is 0 Å². The minimum Gasteiger partial charge on any atom is -0.399 e. The Kier molecular flexibility index (Phi) is 6.30. The number of carbonyl (C=O) groups excluding carboxylic acids is 2. The van der Waals surface area contributed by atoms with Crippen molar-refractivity contribution in [2.45, 2.75) is 13.3 Å². The molecule has 1 saturated heterocycles. The van der Waals surface area contributed by atoms with E-state index in [9.17, 15) is 9.59 Å². The second-order valence-electron chi connectivity index (χ2n) is 4.89. The maximum absolute atomic E-state index is 12.5. The SMILES string of the molecule is CC(=O)N1CCCN(C(=O)c2ccc(N)cc2Cl)CC1.Cl. The number of anilines is 1. The van der Waals surface area contributed by atoms with Crippen LogP contribution in [0.5, 0.6) is 0 Å². The Morgan fingerprint density at radius 3 is 2.38 bits per heavy atom. The number of nitrogens with two attached hydrogens (primary N) is 1. The summed E-state index contributed by atoms with van der Waals surface area (Å²) in [5, 5.41) is 0.364. The normalized spacial score (nSPS) is 15.1. The van der Waals surface area contributed by atoms with Crippen LogP contribution in [0.1, 0.15) is 23.7 Å². The molecular formula is C14H19Cl2N3O2. The van der Waals surface area contributed by atoms with E-state index >= 15 is 0 Å². The summed E-state index contributed by atoms with van der Waals surface area (Å²) in [5.41, 5.74) is 6.62. The Hall–Kier alpha value is -1.46. The molecule has 0 saturated carbocycles. The maximum Gasteiger partial charge on any atom is 0.255 e. The van der Waals surface area contributed by atoms with Gasteiger partial charge in [0, 0.05) is 38.8 Å². The van der Waals surface area contributed by atoms with Crippen molar-refractivity contribution in [3.63, 3.8) is 0 Å². The van der Waals surface area contributed by atoms with Crippen molar-refractivity contribution >= 4 is 41.5 Å². The van der Waals surface area contributed by atoms with Crippen molar-refractivity contribution in [1.82, 2.24) is 9.80 Å². The number of nitrogens with zero attached hydrogens (tertiary/aromatic N) is 2. The average molecular weight is 332 g/mol. The molecule has 5 nitrogen and oxygen atoms in total. The molecule has 1 aliphatic heterocycles. The van der Waals surface area contributed by atoms with E-state index in [-0.39, 0.29) is 24.2 Å². The first-order valence-corrected chi connectivity index (χ1v) is 6.96. The van der Waals surface area contributed by atoms with Crippen LogP contribution in [0, 0.1) is 0 Å². The lowest BCUT2D eigenvalue weighted by molar-refractivity contribution is -0.128. The molecular weight excluding hydrogens is 313 g/mol. The van der Waals surface area contributed by atoms with Gasteiger partial charge in [-0.3, -0.25) is 9.59 Å². The van der Waals surface area contributed by atoms with Gasteiger partial charge in [-0.15, -0.1) is 12.4 Å². The number of rotatable bonds is 1. The van der Waals surface area contributed by atoms with Crippen LogP contribution >= 0.6 is 24.0 Å². The summed E-state index contributed by atoms with van der Waals surface area (Å²) in [7, 11) is 0. The number of carbonyl (C=O) groups is 2. The topological polar surface area (TPSA) is 66.6 Å². The van der Waals surface area contributed by atoms with Gasteiger partial charge in [-0.25, -0.2) is 0 Å². The quantitative estimate of drug-likeness (QED) is 0.801. The Morgan fingerprint density at radius 2 is 1.76 bits per heavy atom. The van der Waals surface area contributed by atoms with Crippen molar-refractivity contribution in [3.8, 4) is 0 Å². The van der Waals surface area contributed by atoms with Crippen LogP contribution in [0.3, 0.4) is 0 Å². The third-order valence-electron chi connectivity index (χ3n) is 3.45. The zero-order valence-electron chi connectivity index (χ0n) is 11.8. The van der Waals surface area contributed by atoms with E-state index in [2.05, 4.69) is 0 Å². The first-order valence-electron chi connectivity index (χ1n) is 6.59. The maximum atomic E-state index is 12.5. The fourth-order valence-electron chi connectivity index (χ4n) is 2.31. The second-order valence-corrected chi connectivity index (χ2v) is 5.30. The third kappa shape index (κ3) is 4.25. The summed E-state index contributed by atoms with van der Waals surface area (Å²) in [4.78, 5) is 27.3. The van der Waals surface area contributed by atoms with Crippen molar-refractivity contribution < 1.29 is 9.59 Å². The molecule has 7 heteroatoms. The molecule has 21 heavy (non-hydrogen) atoms. The molecule has 1 aliphatic rings. The van der Waals surface area contributed by atoms with Gasteiger partial charge in [0.25, 0.3) is 5.91 Å². The summed E-state index contributed by atoms with van der Waals surface area (Å²) < 4.78 is 0. The first kappa shape index (κ1) is 17.6. The molecule has 0 aromatic heterocycles. The molecule has 2 N–H and O–H groups in total. The molecule has 1 aromatic rings. The summed E-state index contributed by atoms with van der Waals surface area (Å²) in [6, 6.07) is 4.89. The van der Waals surface area contributed by atoms with Crippen LogP contribution in [0.15, 0.2) is 18.2 Å². The number of benzene rings is 1. The average Bonchev–Trinajstić information content (AvgIpc) is 2.63. The van der Waals surface area contributed by atoms with Crippen LogP contribution in [-0.2, 0) is 4.79 Å². The zero-order chi connectivity index (χ0) is 14.7. The summed E-state index contributed by atoms with van der Waals surface area (Å²) in [5.74, 6) is -0.0646. The summed E-state index contributed by atoms with van der Waals surface area (Å²) in [6.07, 6.45) is 0.776. The van der Waals surface area contributed by atoms with E-state index in [1.807, 2.05) is 0 Å². The highest BCUT2D eigenvalue weighted by molar-refractivity contribution is 6.34. The highest BCUT2D eigenvalue weighted by atomic mass is 35.5. The van der Waals surface area contributed by atoms with E-state index in [0.717, 1.165) is 6.42 Å². The number of halogens is 2. The molecule has 1 heterocycles. The minimum atomic E-state index is -0.111. The number of hydrogen-bond acceptors (Lipinski definition) is 3. The lowest BCUT2D eigenvalue weighted by atomic mass is 10.1. The van der Waals surface area contributed by atoms with Gasteiger partial charge in [-0.05, 0) is 24.6 Å². The fourth-order valence-corrected chi connectivity index (χ4v) is 2.58. The Morgan fingerprint density at radius 1 is 1.14 bits per heavy atom. The Balaban J connectivity index is 0.00000220. The van der Waals surface area contributed by atoms with Crippen LogP contribution < -0.4 is 5.73 Å². The molecule has 1 aromatic carbocycles. The van der Waals surface area contributed by atoms with Gasteiger partial charge >= 0.3 is 0 Å². The Labute approximate surface area is 135 Å². The molecule has 2 amide bonds. The predicted molar refractivity (Wildman–Crippen MR) is 85.9 cm³/mol. The van der Waals surface area contributed by atoms with Gasteiger partial charge in [0.15, 0.2) is 0 Å². The van der Waals surface area contributed by atoms with Gasteiger partial charge in [0.2, 0.25) is 5.91 Å². The minimum absolute atomic E-state index is 0. The summed E-state index contributed by atoms with van der Waals surface area (Å²) >= 11 is 6.07. The van der Waals surface area contributed by atoms with E-state index in [4.69, 9.17) is 17.3 Å². The smallest absolute Gasteiger partial charge is 0.255 e. The van der Waals surface area contributed by atoms with Crippen molar-refractivity contribution in [3.05, 3.63) is 28.8 Å². The van der Waals surface area contributed by atoms with Crippen LogP contribution in [0.25, 0.3) is 0 Å². The van der Waals surface area contributed by atoms with Gasteiger partial charge in [-0.2, -0.15) is 0 Å². The monoisotopic (exact) mass is 331 g/mol. The highest BCUT2D eigenvalue weighted by Crippen LogP contribution is 2.21. The standard InChI is InChI=1S/C14H18ClN3O2.ClH/c1-10(19)17-5-2-6-18(8-7-17)14(20)12-4-3-11(16)9-13(12)15;/h3-4,9H,2,5-8,16H2,1H3;1H. The van der Waals surface area contributed by atoms with E-state index in [0.29, 0.717) is 42.5 Å². The van der Waals surface area contributed by atoms with Crippen molar-refractivity contribution in [2.75, 3.05) is 31.9 Å². The largest absolute Gasteiger partial charge is 0.399 e. The van der Waals surface area contributed by atoms with Crippen LogP contribution in [0.2, 0.25) is 5.02 Å². The van der Waals surface area contributed by atoms with Crippen molar-refractivity contribution in [2.24, 2.45) is 0 Å². The van der Waals surface area contributed by atoms with Crippen LogP contribution in [-0.4, -0.2) is 47.8 Å². The molecule has 0 atom stereocenters. The molecule has 2 rings (SSSR count). The third-order valence-corrected chi connectivity index (χ3v) is 3.76. The number of amides is 2. The number of hydrogen-bond donors (Lipinski definition) is 1. The zero-order valence-corrected chi connectivity index (χ0v) is 13.4.